The van der Waals surface area contributed by atoms with Crippen molar-refractivity contribution in [3.63, 3.8) is 0 Å². The highest BCUT2D eigenvalue weighted by Gasteiger charge is 2.14. The number of nitrogens with zero attached hydrogens (tertiary/aromatic N) is 3. The summed E-state index contributed by atoms with van der Waals surface area (Å²) in [6, 6.07) is 10.2. The SMILES string of the molecule is CN1CCN(Cc2ccc3cc(NCC(O)CO)ccc3n2)CC1. The summed E-state index contributed by atoms with van der Waals surface area (Å²) in [4.78, 5) is 9.57. The molecule has 1 atom stereocenters. The van der Waals surface area contributed by atoms with Crippen molar-refractivity contribution >= 4 is 16.6 Å². The molecule has 1 aromatic carbocycles. The van der Waals surface area contributed by atoms with E-state index >= 15 is 0 Å². The fraction of sp³-hybridized carbons (Fsp3) is 0.500. The Kier molecular flexibility index (Phi) is 5.63. The van der Waals surface area contributed by atoms with Crippen molar-refractivity contribution in [2.24, 2.45) is 0 Å². The lowest BCUT2D eigenvalue weighted by Crippen LogP contribution is -2.43. The zero-order valence-corrected chi connectivity index (χ0v) is 14.1. The number of anilines is 1. The molecule has 1 unspecified atom stereocenters. The zero-order chi connectivity index (χ0) is 16.9. The summed E-state index contributed by atoms with van der Waals surface area (Å²) >= 11 is 0. The smallest absolute Gasteiger partial charge is 0.0942 e. The molecule has 1 fully saturated rings. The van der Waals surface area contributed by atoms with Crippen molar-refractivity contribution in [3.8, 4) is 0 Å². The third-order valence-electron chi connectivity index (χ3n) is 4.48. The number of fused-ring (bicyclic) bond motifs is 1. The monoisotopic (exact) mass is 330 g/mol. The van der Waals surface area contributed by atoms with Gasteiger partial charge in [0.15, 0.2) is 0 Å². The van der Waals surface area contributed by atoms with Crippen molar-refractivity contribution in [3.05, 3.63) is 36.0 Å². The molecule has 0 saturated carbocycles. The molecule has 24 heavy (non-hydrogen) atoms. The summed E-state index contributed by atoms with van der Waals surface area (Å²) in [5.74, 6) is 0. The second-order valence-corrected chi connectivity index (χ2v) is 6.51. The Bertz CT molecular complexity index is 671. The van der Waals surface area contributed by atoms with Crippen LogP contribution in [0.4, 0.5) is 5.69 Å². The molecule has 0 radical (unpaired) electrons. The molecule has 2 aromatic rings. The van der Waals surface area contributed by atoms with E-state index in [0.717, 1.165) is 55.0 Å². The Labute approximate surface area is 142 Å². The van der Waals surface area contributed by atoms with Crippen molar-refractivity contribution in [2.75, 3.05) is 51.7 Å². The maximum absolute atomic E-state index is 9.41. The van der Waals surface area contributed by atoms with E-state index in [0.29, 0.717) is 6.54 Å². The van der Waals surface area contributed by atoms with Gasteiger partial charge in [0.2, 0.25) is 0 Å². The van der Waals surface area contributed by atoms with E-state index in [9.17, 15) is 5.11 Å². The van der Waals surface area contributed by atoms with Gasteiger partial charge in [0.25, 0.3) is 0 Å². The van der Waals surface area contributed by atoms with E-state index in [1.165, 1.54) is 0 Å². The van der Waals surface area contributed by atoms with E-state index in [-0.39, 0.29) is 6.61 Å². The molecule has 6 nitrogen and oxygen atoms in total. The van der Waals surface area contributed by atoms with Crippen LogP contribution in [-0.4, -0.2) is 77.5 Å². The van der Waals surface area contributed by atoms with Crippen LogP contribution in [0, 0.1) is 0 Å². The minimum absolute atomic E-state index is 0.238. The van der Waals surface area contributed by atoms with Crippen LogP contribution in [0.1, 0.15) is 5.69 Å². The first kappa shape index (κ1) is 17.1. The molecule has 1 aliphatic rings. The van der Waals surface area contributed by atoms with Gasteiger partial charge in [-0.25, -0.2) is 0 Å². The molecular weight excluding hydrogens is 304 g/mol. The van der Waals surface area contributed by atoms with Gasteiger partial charge in [-0.2, -0.15) is 0 Å². The number of nitrogens with one attached hydrogen (secondary N) is 1. The fourth-order valence-corrected chi connectivity index (χ4v) is 2.90. The average Bonchev–Trinajstić information content (AvgIpc) is 2.61. The van der Waals surface area contributed by atoms with Gasteiger partial charge < -0.3 is 20.4 Å². The van der Waals surface area contributed by atoms with E-state index in [2.05, 4.69) is 34.3 Å². The first-order chi connectivity index (χ1) is 11.6. The molecule has 1 aliphatic heterocycles. The van der Waals surface area contributed by atoms with Crippen LogP contribution in [0.2, 0.25) is 0 Å². The van der Waals surface area contributed by atoms with Crippen LogP contribution in [0.25, 0.3) is 10.9 Å². The predicted octanol–water partition coefficient (Wildman–Crippen LogP) is 0.747. The third-order valence-corrected chi connectivity index (χ3v) is 4.48. The molecule has 0 amide bonds. The lowest BCUT2D eigenvalue weighted by Gasteiger charge is -2.32. The molecule has 130 valence electrons. The first-order valence-corrected chi connectivity index (χ1v) is 8.47. The number of likely N-dealkylation sites (N-methyl/N-ethyl adjacent to an activating group) is 1. The van der Waals surface area contributed by atoms with E-state index in [1.807, 2.05) is 18.2 Å². The molecule has 2 heterocycles. The molecule has 1 aromatic heterocycles. The van der Waals surface area contributed by atoms with Crippen LogP contribution in [-0.2, 0) is 6.54 Å². The van der Waals surface area contributed by atoms with E-state index in [1.54, 1.807) is 0 Å². The summed E-state index contributed by atoms with van der Waals surface area (Å²) in [5, 5.41) is 22.5. The second-order valence-electron chi connectivity index (χ2n) is 6.51. The lowest BCUT2D eigenvalue weighted by atomic mass is 10.1. The highest BCUT2D eigenvalue weighted by molar-refractivity contribution is 5.82. The van der Waals surface area contributed by atoms with Gasteiger partial charge in [0, 0.05) is 50.3 Å². The summed E-state index contributed by atoms with van der Waals surface area (Å²) in [5.41, 5.74) is 3.00. The summed E-state index contributed by atoms with van der Waals surface area (Å²) < 4.78 is 0. The van der Waals surface area contributed by atoms with Crippen molar-refractivity contribution < 1.29 is 10.2 Å². The highest BCUT2D eigenvalue weighted by atomic mass is 16.3. The number of aromatic nitrogens is 1. The highest BCUT2D eigenvalue weighted by Crippen LogP contribution is 2.19. The van der Waals surface area contributed by atoms with Gasteiger partial charge >= 0.3 is 0 Å². The molecule has 1 saturated heterocycles. The maximum atomic E-state index is 9.41. The molecule has 0 spiro atoms. The number of piperazine rings is 1. The van der Waals surface area contributed by atoms with Crippen molar-refractivity contribution in [1.29, 1.82) is 0 Å². The van der Waals surface area contributed by atoms with Gasteiger partial charge in [-0.05, 0) is 31.3 Å². The van der Waals surface area contributed by atoms with Gasteiger partial charge in [0.05, 0.1) is 23.9 Å². The normalized spacial score (nSPS) is 18.0. The Morgan fingerprint density at radius 1 is 1.17 bits per heavy atom. The first-order valence-electron chi connectivity index (χ1n) is 8.47. The number of pyridine rings is 1. The molecule has 6 heteroatoms. The number of aliphatic hydroxyl groups excluding tert-OH is 2. The van der Waals surface area contributed by atoms with E-state index in [4.69, 9.17) is 10.1 Å². The fourth-order valence-electron chi connectivity index (χ4n) is 2.90. The van der Waals surface area contributed by atoms with Crippen LogP contribution >= 0.6 is 0 Å². The average molecular weight is 330 g/mol. The Balaban J connectivity index is 1.65. The standard InChI is InChI=1S/C18H26N4O2/c1-21-6-8-22(9-7-21)12-16-3-2-14-10-15(4-5-18(14)20-16)19-11-17(24)13-23/h2-5,10,17,19,23-24H,6-9,11-13H2,1H3. The lowest BCUT2D eigenvalue weighted by molar-refractivity contribution is 0.105. The number of benzene rings is 1. The van der Waals surface area contributed by atoms with Crippen molar-refractivity contribution in [1.82, 2.24) is 14.8 Å². The zero-order valence-electron chi connectivity index (χ0n) is 14.1. The third kappa shape index (κ3) is 4.42. The number of rotatable bonds is 6. The number of hydrogen-bond donors (Lipinski definition) is 3. The maximum Gasteiger partial charge on any atom is 0.0942 e. The minimum atomic E-state index is -0.746. The van der Waals surface area contributed by atoms with Gasteiger partial charge in [-0.3, -0.25) is 9.88 Å². The summed E-state index contributed by atoms with van der Waals surface area (Å²) in [6.45, 7) is 5.39. The molecule has 3 N–H and O–H groups in total. The van der Waals surface area contributed by atoms with Crippen LogP contribution in [0.3, 0.4) is 0 Å². The Morgan fingerprint density at radius 3 is 2.71 bits per heavy atom. The molecule has 0 bridgehead atoms. The second kappa shape index (κ2) is 7.90. The number of aliphatic hydroxyl groups is 2. The van der Waals surface area contributed by atoms with Gasteiger partial charge in [-0.15, -0.1) is 0 Å². The quantitative estimate of drug-likeness (QED) is 0.726. The number of hydrogen-bond acceptors (Lipinski definition) is 6. The predicted molar refractivity (Wildman–Crippen MR) is 96.1 cm³/mol. The van der Waals surface area contributed by atoms with Crippen LogP contribution in [0.15, 0.2) is 30.3 Å². The van der Waals surface area contributed by atoms with Crippen LogP contribution in [0.5, 0.6) is 0 Å². The van der Waals surface area contributed by atoms with Crippen molar-refractivity contribution in [2.45, 2.75) is 12.6 Å². The largest absolute Gasteiger partial charge is 0.394 e. The van der Waals surface area contributed by atoms with Gasteiger partial charge in [0.1, 0.15) is 0 Å². The summed E-state index contributed by atoms with van der Waals surface area (Å²) in [6.07, 6.45) is -0.746. The Morgan fingerprint density at radius 2 is 1.96 bits per heavy atom. The van der Waals surface area contributed by atoms with Crippen LogP contribution < -0.4 is 5.32 Å². The summed E-state index contributed by atoms with van der Waals surface area (Å²) in [7, 11) is 2.16. The molecule has 3 rings (SSSR count). The van der Waals surface area contributed by atoms with Gasteiger partial charge in [-0.1, -0.05) is 6.07 Å². The Hall–Kier alpha value is -1.73. The topological polar surface area (TPSA) is 71.9 Å². The van der Waals surface area contributed by atoms with E-state index < -0.39 is 6.10 Å². The molecule has 0 aliphatic carbocycles. The minimum Gasteiger partial charge on any atom is -0.394 e. The molecular formula is C18H26N4O2.